The van der Waals surface area contributed by atoms with Gasteiger partial charge in [0.15, 0.2) is 5.03 Å². The Morgan fingerprint density at radius 3 is 2.84 bits per heavy atom. The van der Waals surface area contributed by atoms with Crippen LogP contribution in [-0.2, 0) is 17.1 Å². The Morgan fingerprint density at radius 1 is 1.58 bits per heavy atom. The minimum Gasteiger partial charge on any atom is -0.337 e. The van der Waals surface area contributed by atoms with Gasteiger partial charge in [0.05, 0.1) is 0 Å². The van der Waals surface area contributed by atoms with Gasteiger partial charge in [-0.3, -0.25) is 0 Å². The van der Waals surface area contributed by atoms with Crippen molar-refractivity contribution >= 4 is 10.0 Å². The molecule has 2 rings (SSSR count). The SMILES string of the molecule is Cc1nc(S(=O)(=O)NCC2(C)CCCNC2)cn1C. The third kappa shape index (κ3) is 3.34. The molecule has 0 aliphatic carbocycles. The van der Waals surface area contributed by atoms with Gasteiger partial charge in [0.25, 0.3) is 10.0 Å². The van der Waals surface area contributed by atoms with E-state index in [9.17, 15) is 8.42 Å². The van der Waals surface area contributed by atoms with Gasteiger partial charge in [-0.25, -0.2) is 18.1 Å². The fraction of sp³-hybridized carbons (Fsp3) is 0.750. The number of piperidine rings is 1. The molecule has 1 unspecified atom stereocenters. The van der Waals surface area contributed by atoms with Crippen molar-refractivity contribution in [3.63, 3.8) is 0 Å². The van der Waals surface area contributed by atoms with Gasteiger partial charge in [0, 0.05) is 26.3 Å². The van der Waals surface area contributed by atoms with Gasteiger partial charge in [-0.15, -0.1) is 0 Å². The summed E-state index contributed by atoms with van der Waals surface area (Å²) in [4.78, 5) is 4.07. The molecular weight excluding hydrogens is 264 g/mol. The molecule has 108 valence electrons. The summed E-state index contributed by atoms with van der Waals surface area (Å²) in [6, 6.07) is 0. The minimum absolute atomic E-state index is 0.0187. The Morgan fingerprint density at radius 2 is 2.32 bits per heavy atom. The summed E-state index contributed by atoms with van der Waals surface area (Å²) in [5, 5.41) is 3.41. The molecule has 6 nitrogen and oxygen atoms in total. The second kappa shape index (κ2) is 5.22. The number of hydrogen-bond donors (Lipinski definition) is 2. The zero-order chi connectivity index (χ0) is 14.1. The Bertz CT molecular complexity index is 525. The number of hydrogen-bond acceptors (Lipinski definition) is 4. The van der Waals surface area contributed by atoms with Crippen molar-refractivity contribution in [1.29, 1.82) is 0 Å². The number of sulfonamides is 1. The van der Waals surface area contributed by atoms with Gasteiger partial charge < -0.3 is 9.88 Å². The molecule has 1 fully saturated rings. The number of nitrogens with zero attached hydrogens (tertiary/aromatic N) is 2. The molecule has 0 saturated carbocycles. The Kier molecular flexibility index (Phi) is 3.98. The lowest BCUT2D eigenvalue weighted by atomic mass is 9.83. The zero-order valence-corrected chi connectivity index (χ0v) is 12.5. The molecule has 1 aromatic rings. The largest absolute Gasteiger partial charge is 0.337 e. The molecule has 7 heteroatoms. The van der Waals surface area contributed by atoms with Gasteiger partial charge in [-0.2, -0.15) is 0 Å². The Labute approximate surface area is 114 Å². The highest BCUT2D eigenvalue weighted by Gasteiger charge is 2.29. The van der Waals surface area contributed by atoms with E-state index < -0.39 is 10.0 Å². The molecule has 0 aromatic carbocycles. The van der Waals surface area contributed by atoms with Gasteiger partial charge >= 0.3 is 0 Å². The molecule has 1 atom stereocenters. The van der Waals surface area contributed by atoms with Crippen molar-refractivity contribution in [1.82, 2.24) is 19.6 Å². The van der Waals surface area contributed by atoms with E-state index in [1.54, 1.807) is 24.7 Å². The molecule has 2 N–H and O–H groups in total. The predicted octanol–water partition coefficient (Wildman–Crippen LogP) is 0.397. The van der Waals surface area contributed by atoms with Crippen molar-refractivity contribution in [2.75, 3.05) is 19.6 Å². The molecule has 19 heavy (non-hydrogen) atoms. The van der Waals surface area contributed by atoms with Crippen LogP contribution in [0.25, 0.3) is 0 Å². The van der Waals surface area contributed by atoms with E-state index in [2.05, 4.69) is 21.9 Å². The van der Waals surface area contributed by atoms with E-state index >= 15 is 0 Å². The Balaban J connectivity index is 2.05. The van der Waals surface area contributed by atoms with Gasteiger partial charge in [0.1, 0.15) is 5.82 Å². The van der Waals surface area contributed by atoms with Crippen LogP contribution in [0.5, 0.6) is 0 Å². The van der Waals surface area contributed by atoms with Crippen LogP contribution in [0.15, 0.2) is 11.2 Å². The van der Waals surface area contributed by atoms with Crippen LogP contribution in [0.3, 0.4) is 0 Å². The van der Waals surface area contributed by atoms with Crippen LogP contribution in [0, 0.1) is 12.3 Å². The lowest BCUT2D eigenvalue weighted by Gasteiger charge is -2.34. The zero-order valence-electron chi connectivity index (χ0n) is 11.7. The number of nitrogens with one attached hydrogen (secondary N) is 2. The van der Waals surface area contributed by atoms with Crippen molar-refractivity contribution in [3.05, 3.63) is 12.0 Å². The van der Waals surface area contributed by atoms with Crippen LogP contribution in [0.2, 0.25) is 0 Å². The second-order valence-corrected chi connectivity index (χ2v) is 7.37. The first-order valence-electron chi connectivity index (χ1n) is 6.53. The van der Waals surface area contributed by atoms with Gasteiger partial charge in [-0.1, -0.05) is 6.92 Å². The summed E-state index contributed by atoms with van der Waals surface area (Å²) in [6.07, 6.45) is 3.66. The number of aromatic nitrogens is 2. The van der Waals surface area contributed by atoms with E-state index in [-0.39, 0.29) is 10.4 Å². The van der Waals surface area contributed by atoms with Crippen LogP contribution in [-0.4, -0.2) is 37.6 Å². The van der Waals surface area contributed by atoms with Crippen molar-refractivity contribution in [3.8, 4) is 0 Å². The summed E-state index contributed by atoms with van der Waals surface area (Å²) in [6.45, 7) is 6.19. The topological polar surface area (TPSA) is 76.0 Å². The quantitative estimate of drug-likeness (QED) is 0.840. The van der Waals surface area contributed by atoms with Crippen LogP contribution in [0.1, 0.15) is 25.6 Å². The van der Waals surface area contributed by atoms with Crippen LogP contribution < -0.4 is 10.0 Å². The summed E-state index contributed by atoms with van der Waals surface area (Å²) >= 11 is 0. The first-order chi connectivity index (χ1) is 8.82. The normalized spacial score (nSPS) is 24.6. The number of imidazole rings is 1. The maximum Gasteiger partial charge on any atom is 0.259 e. The summed E-state index contributed by atoms with van der Waals surface area (Å²) < 4.78 is 28.7. The first kappa shape index (κ1) is 14.5. The molecule has 1 saturated heterocycles. The average Bonchev–Trinajstić information content (AvgIpc) is 2.69. The van der Waals surface area contributed by atoms with Crippen molar-refractivity contribution in [2.45, 2.75) is 31.7 Å². The van der Waals surface area contributed by atoms with E-state index in [1.165, 1.54) is 0 Å². The molecule has 1 aromatic heterocycles. The van der Waals surface area contributed by atoms with Crippen LogP contribution in [0.4, 0.5) is 0 Å². The minimum atomic E-state index is -3.51. The van der Waals surface area contributed by atoms with Gasteiger partial charge in [-0.05, 0) is 31.7 Å². The average molecular weight is 286 g/mol. The van der Waals surface area contributed by atoms with Gasteiger partial charge in [0.2, 0.25) is 0 Å². The van der Waals surface area contributed by atoms with E-state index in [4.69, 9.17) is 0 Å². The van der Waals surface area contributed by atoms with Crippen molar-refractivity contribution < 1.29 is 8.42 Å². The summed E-state index contributed by atoms with van der Waals surface area (Å²) in [7, 11) is -1.72. The maximum absolute atomic E-state index is 12.2. The number of aryl methyl sites for hydroxylation is 2. The molecule has 0 bridgehead atoms. The lowest BCUT2D eigenvalue weighted by Crippen LogP contribution is -2.45. The molecule has 1 aliphatic rings. The second-order valence-electron chi connectivity index (χ2n) is 5.65. The molecule has 1 aliphatic heterocycles. The molecule has 0 radical (unpaired) electrons. The smallest absolute Gasteiger partial charge is 0.259 e. The van der Waals surface area contributed by atoms with Crippen LogP contribution >= 0.6 is 0 Å². The first-order valence-corrected chi connectivity index (χ1v) is 8.01. The maximum atomic E-state index is 12.2. The van der Waals surface area contributed by atoms with E-state index in [1.807, 2.05) is 0 Å². The van der Waals surface area contributed by atoms with Crippen molar-refractivity contribution in [2.24, 2.45) is 12.5 Å². The molecule has 2 heterocycles. The third-order valence-corrected chi connectivity index (χ3v) is 5.01. The molecule has 0 amide bonds. The molecular formula is C12H22N4O2S. The highest BCUT2D eigenvalue weighted by atomic mass is 32.2. The Hall–Kier alpha value is -0.920. The fourth-order valence-electron chi connectivity index (χ4n) is 2.27. The molecule has 0 spiro atoms. The lowest BCUT2D eigenvalue weighted by molar-refractivity contribution is 0.238. The highest BCUT2D eigenvalue weighted by Crippen LogP contribution is 2.24. The number of rotatable bonds is 4. The standard InChI is InChI=1S/C12H22N4O2S/c1-10-15-11(7-16(10)3)19(17,18)14-9-12(2)5-4-6-13-8-12/h7,13-14H,4-6,8-9H2,1-3H3. The fourth-order valence-corrected chi connectivity index (χ4v) is 3.50. The third-order valence-electron chi connectivity index (χ3n) is 3.74. The monoisotopic (exact) mass is 286 g/mol. The predicted molar refractivity (Wildman–Crippen MR) is 73.3 cm³/mol. The summed E-state index contributed by atoms with van der Waals surface area (Å²) in [5.74, 6) is 0.686. The highest BCUT2D eigenvalue weighted by molar-refractivity contribution is 7.89. The summed E-state index contributed by atoms with van der Waals surface area (Å²) in [5.41, 5.74) is -0.0187. The van der Waals surface area contributed by atoms with E-state index in [0.717, 1.165) is 25.9 Å². The van der Waals surface area contributed by atoms with E-state index in [0.29, 0.717) is 12.4 Å².